The van der Waals surface area contributed by atoms with Crippen molar-refractivity contribution >= 4 is 28.7 Å². The summed E-state index contributed by atoms with van der Waals surface area (Å²) in [4.78, 5) is 35.4. The van der Waals surface area contributed by atoms with E-state index in [1.807, 2.05) is 0 Å². The Morgan fingerprint density at radius 1 is 1.47 bits per heavy atom. The summed E-state index contributed by atoms with van der Waals surface area (Å²) in [5.74, 6) is -2.37. The van der Waals surface area contributed by atoms with Crippen molar-refractivity contribution in [1.82, 2.24) is 4.98 Å². The lowest BCUT2D eigenvalue weighted by atomic mass is 10.2. The number of rotatable bonds is 4. The minimum Gasteiger partial charge on any atom is -0.481 e. The van der Waals surface area contributed by atoms with Gasteiger partial charge in [-0.05, 0) is 18.2 Å². The number of amides is 1. The first-order valence-electron chi connectivity index (χ1n) is 5.37. The molecule has 8 heteroatoms. The molecule has 8 nitrogen and oxygen atoms in total. The van der Waals surface area contributed by atoms with Gasteiger partial charge in [-0.15, -0.1) is 0 Å². The minimum atomic E-state index is -1.16. The van der Waals surface area contributed by atoms with Crippen LogP contribution in [0.15, 0.2) is 27.4 Å². The quantitative estimate of drug-likeness (QED) is 0.607. The lowest BCUT2D eigenvalue weighted by Crippen LogP contribution is -2.37. The molecule has 0 spiro atoms. The van der Waals surface area contributed by atoms with Gasteiger partial charge in [0.05, 0.1) is 18.0 Å². The normalized spacial score (nSPS) is 12.3. The molecule has 2 aromatic rings. The summed E-state index contributed by atoms with van der Waals surface area (Å²) >= 11 is 0. The summed E-state index contributed by atoms with van der Waals surface area (Å²) in [6, 6.07) is 3.37. The molecule has 0 aliphatic rings. The van der Waals surface area contributed by atoms with Gasteiger partial charge in [0, 0.05) is 5.69 Å². The number of anilines is 1. The van der Waals surface area contributed by atoms with E-state index in [0.29, 0.717) is 16.8 Å². The van der Waals surface area contributed by atoms with E-state index in [1.54, 1.807) is 0 Å². The number of oxazole rings is 1. The summed E-state index contributed by atoms with van der Waals surface area (Å²) in [5.41, 5.74) is 6.58. The largest absolute Gasteiger partial charge is 0.481 e. The summed E-state index contributed by atoms with van der Waals surface area (Å²) in [6.45, 7) is 0. The van der Waals surface area contributed by atoms with E-state index in [9.17, 15) is 14.4 Å². The van der Waals surface area contributed by atoms with Gasteiger partial charge < -0.3 is 20.6 Å². The molecule has 0 saturated heterocycles. The van der Waals surface area contributed by atoms with Gasteiger partial charge in [-0.3, -0.25) is 14.6 Å². The molecule has 0 aliphatic heterocycles. The van der Waals surface area contributed by atoms with Gasteiger partial charge in [0.25, 0.3) is 0 Å². The molecule has 0 bridgehead atoms. The van der Waals surface area contributed by atoms with E-state index in [0.717, 1.165) is 0 Å². The summed E-state index contributed by atoms with van der Waals surface area (Å²) in [6.07, 6.45) is -0.462. The molecule has 1 unspecified atom stereocenters. The van der Waals surface area contributed by atoms with Crippen LogP contribution in [0.3, 0.4) is 0 Å². The van der Waals surface area contributed by atoms with E-state index in [-0.39, 0.29) is 0 Å². The van der Waals surface area contributed by atoms with Crippen LogP contribution in [0.5, 0.6) is 0 Å². The average Bonchev–Trinajstić information content (AvgIpc) is 2.67. The molecule has 2 rings (SSSR count). The SMILES string of the molecule is NC(CC(=O)O)C(=O)Nc1ccc2oc(=O)[nH]c2c1. The number of aromatic nitrogens is 1. The number of nitrogens with one attached hydrogen (secondary N) is 2. The van der Waals surface area contributed by atoms with Crippen LogP contribution in [-0.2, 0) is 9.59 Å². The van der Waals surface area contributed by atoms with Crippen LogP contribution in [0, 0.1) is 0 Å². The van der Waals surface area contributed by atoms with Crippen molar-refractivity contribution < 1.29 is 19.1 Å². The van der Waals surface area contributed by atoms with E-state index < -0.39 is 30.1 Å². The van der Waals surface area contributed by atoms with Crippen LogP contribution in [-0.4, -0.2) is 28.0 Å². The topological polar surface area (TPSA) is 138 Å². The van der Waals surface area contributed by atoms with Crippen molar-refractivity contribution in [3.05, 3.63) is 28.7 Å². The highest BCUT2D eigenvalue weighted by molar-refractivity contribution is 5.97. The van der Waals surface area contributed by atoms with Crippen molar-refractivity contribution in [2.75, 3.05) is 5.32 Å². The molecule has 1 atom stereocenters. The Morgan fingerprint density at radius 2 is 2.21 bits per heavy atom. The fourth-order valence-corrected chi connectivity index (χ4v) is 1.55. The lowest BCUT2D eigenvalue weighted by Gasteiger charge is -2.09. The van der Waals surface area contributed by atoms with Crippen LogP contribution in [0.2, 0.25) is 0 Å². The monoisotopic (exact) mass is 265 g/mol. The van der Waals surface area contributed by atoms with Gasteiger partial charge in [0.1, 0.15) is 0 Å². The number of H-pyrrole nitrogens is 1. The Kier molecular flexibility index (Phi) is 3.34. The highest BCUT2D eigenvalue weighted by atomic mass is 16.4. The molecule has 0 saturated carbocycles. The van der Waals surface area contributed by atoms with Crippen molar-refractivity contribution in [3.8, 4) is 0 Å². The number of hydrogen-bond acceptors (Lipinski definition) is 5. The number of aliphatic carboxylic acids is 1. The van der Waals surface area contributed by atoms with Crippen LogP contribution in [0.25, 0.3) is 11.1 Å². The molecule has 0 fully saturated rings. The highest BCUT2D eigenvalue weighted by Gasteiger charge is 2.17. The maximum absolute atomic E-state index is 11.6. The zero-order valence-corrected chi connectivity index (χ0v) is 9.67. The first kappa shape index (κ1) is 12.8. The van der Waals surface area contributed by atoms with E-state index in [2.05, 4.69) is 10.3 Å². The van der Waals surface area contributed by atoms with Gasteiger partial charge in [-0.25, -0.2) is 4.79 Å². The third-order valence-corrected chi connectivity index (χ3v) is 2.42. The maximum atomic E-state index is 11.6. The molecule has 100 valence electrons. The number of aromatic amines is 1. The second-order valence-electron chi connectivity index (χ2n) is 3.92. The maximum Gasteiger partial charge on any atom is 0.417 e. The average molecular weight is 265 g/mol. The Labute approximate surface area is 106 Å². The van der Waals surface area contributed by atoms with Gasteiger partial charge in [0.2, 0.25) is 5.91 Å². The molecule has 1 aromatic heterocycles. The zero-order valence-electron chi connectivity index (χ0n) is 9.67. The van der Waals surface area contributed by atoms with Gasteiger partial charge in [-0.1, -0.05) is 0 Å². The fraction of sp³-hybridized carbons (Fsp3) is 0.182. The summed E-state index contributed by atoms with van der Waals surface area (Å²) in [5, 5.41) is 11.0. The van der Waals surface area contributed by atoms with Crippen molar-refractivity contribution in [2.24, 2.45) is 5.73 Å². The third-order valence-electron chi connectivity index (χ3n) is 2.42. The molecule has 1 amide bonds. The number of hydrogen-bond donors (Lipinski definition) is 4. The number of benzene rings is 1. The molecule has 0 radical (unpaired) electrons. The fourth-order valence-electron chi connectivity index (χ4n) is 1.55. The van der Waals surface area contributed by atoms with Crippen LogP contribution < -0.4 is 16.8 Å². The predicted octanol–water partition coefficient (Wildman–Crippen LogP) is -0.138. The third kappa shape index (κ3) is 2.99. The van der Waals surface area contributed by atoms with Crippen LogP contribution in [0.4, 0.5) is 5.69 Å². The van der Waals surface area contributed by atoms with Gasteiger partial charge in [-0.2, -0.15) is 0 Å². The summed E-state index contributed by atoms with van der Waals surface area (Å²) in [7, 11) is 0. The van der Waals surface area contributed by atoms with E-state index >= 15 is 0 Å². The van der Waals surface area contributed by atoms with Crippen molar-refractivity contribution in [2.45, 2.75) is 12.5 Å². The molecule has 1 heterocycles. The van der Waals surface area contributed by atoms with Crippen LogP contribution in [0.1, 0.15) is 6.42 Å². The number of nitrogens with two attached hydrogens (primary N) is 1. The number of fused-ring (bicyclic) bond motifs is 1. The molecule has 5 N–H and O–H groups in total. The molecule has 19 heavy (non-hydrogen) atoms. The molecular formula is C11H11N3O5. The number of carbonyl (C=O) groups excluding carboxylic acids is 1. The smallest absolute Gasteiger partial charge is 0.417 e. The second kappa shape index (κ2) is 4.94. The van der Waals surface area contributed by atoms with E-state index in [4.69, 9.17) is 15.3 Å². The first-order valence-corrected chi connectivity index (χ1v) is 5.37. The number of carboxylic acids is 1. The highest BCUT2D eigenvalue weighted by Crippen LogP contribution is 2.16. The van der Waals surface area contributed by atoms with E-state index in [1.165, 1.54) is 18.2 Å². The number of carbonyl (C=O) groups is 2. The standard InChI is InChI=1S/C11H11N3O5/c12-6(4-9(15)16)10(17)13-5-1-2-8-7(3-5)14-11(18)19-8/h1-3,6H,4,12H2,(H,13,17)(H,14,18)(H,15,16). The van der Waals surface area contributed by atoms with Crippen molar-refractivity contribution in [3.63, 3.8) is 0 Å². The second-order valence-corrected chi connectivity index (χ2v) is 3.92. The Morgan fingerprint density at radius 3 is 2.89 bits per heavy atom. The van der Waals surface area contributed by atoms with Gasteiger partial charge in [0.15, 0.2) is 5.58 Å². The Balaban J connectivity index is 2.14. The number of carboxylic acid groups (broad SMARTS) is 1. The molecule has 0 aliphatic carbocycles. The molecular weight excluding hydrogens is 254 g/mol. The van der Waals surface area contributed by atoms with Crippen LogP contribution >= 0.6 is 0 Å². The lowest BCUT2D eigenvalue weighted by molar-refractivity contribution is -0.138. The molecule has 1 aromatic carbocycles. The van der Waals surface area contributed by atoms with Gasteiger partial charge >= 0.3 is 11.7 Å². The summed E-state index contributed by atoms with van der Waals surface area (Å²) < 4.78 is 4.80. The Bertz CT molecular complexity index is 687. The zero-order chi connectivity index (χ0) is 14.0. The first-order chi connectivity index (χ1) is 8.95. The predicted molar refractivity (Wildman–Crippen MR) is 65.7 cm³/mol. The Hall–Kier alpha value is -2.61. The van der Waals surface area contributed by atoms with Crippen molar-refractivity contribution in [1.29, 1.82) is 0 Å². The minimum absolute atomic E-state index is 0.359.